The minimum Gasteiger partial charge on any atom is -0.394 e. The maximum absolute atomic E-state index is 13.2. The highest BCUT2D eigenvalue weighted by atomic mass is 19.1. The van der Waals surface area contributed by atoms with Crippen molar-refractivity contribution in [2.45, 2.75) is 31.7 Å². The Morgan fingerprint density at radius 1 is 1.07 bits per heavy atom. The molecular weight excluding hydrogens is 387 g/mol. The highest BCUT2D eigenvalue weighted by Crippen LogP contribution is 2.29. The molecule has 9 heteroatoms. The van der Waals surface area contributed by atoms with Crippen molar-refractivity contribution in [3.63, 3.8) is 0 Å². The van der Waals surface area contributed by atoms with E-state index < -0.39 is 0 Å². The number of hydrogen-bond donors (Lipinski definition) is 1. The van der Waals surface area contributed by atoms with Crippen LogP contribution in [0.2, 0.25) is 0 Å². The van der Waals surface area contributed by atoms with Crippen LogP contribution in [0.15, 0.2) is 36.9 Å². The van der Waals surface area contributed by atoms with E-state index in [1.54, 1.807) is 24.8 Å². The van der Waals surface area contributed by atoms with E-state index in [1.807, 2.05) is 4.57 Å². The number of morpholine rings is 1. The Morgan fingerprint density at radius 3 is 2.63 bits per heavy atom. The van der Waals surface area contributed by atoms with Gasteiger partial charge in [-0.3, -0.25) is 9.47 Å². The Labute approximate surface area is 173 Å². The fourth-order valence-electron chi connectivity index (χ4n) is 4.33. The molecule has 5 rings (SSSR count). The number of aliphatic hydroxyl groups excluding tert-OH is 1. The zero-order chi connectivity index (χ0) is 20.5. The van der Waals surface area contributed by atoms with Gasteiger partial charge in [0.1, 0.15) is 18.4 Å². The van der Waals surface area contributed by atoms with Crippen LogP contribution in [-0.2, 0) is 11.3 Å². The SMILES string of the molecule is OC[C@@H]1CN(Cc2ccc(F)cc2)C[C@H](n2cnc3c(N4CCCC4)ncnc32)O1. The molecule has 0 spiro atoms. The average Bonchev–Trinajstić information content (AvgIpc) is 3.45. The van der Waals surface area contributed by atoms with Crippen molar-refractivity contribution in [3.05, 3.63) is 48.3 Å². The van der Waals surface area contributed by atoms with E-state index >= 15 is 0 Å². The largest absolute Gasteiger partial charge is 0.394 e. The summed E-state index contributed by atoms with van der Waals surface area (Å²) in [4.78, 5) is 18.0. The third-order valence-electron chi connectivity index (χ3n) is 5.80. The Bertz CT molecular complexity index is 1000. The van der Waals surface area contributed by atoms with Gasteiger partial charge in [0.05, 0.1) is 19.0 Å². The molecule has 2 atom stereocenters. The maximum Gasteiger partial charge on any atom is 0.167 e. The first kappa shape index (κ1) is 19.3. The summed E-state index contributed by atoms with van der Waals surface area (Å²) in [6, 6.07) is 6.51. The molecule has 2 aromatic heterocycles. The molecule has 1 N–H and O–H groups in total. The lowest BCUT2D eigenvalue weighted by molar-refractivity contribution is -0.135. The minimum atomic E-state index is -0.331. The van der Waals surface area contributed by atoms with E-state index in [2.05, 4.69) is 24.8 Å². The van der Waals surface area contributed by atoms with E-state index in [1.165, 1.54) is 12.1 Å². The monoisotopic (exact) mass is 412 g/mol. The van der Waals surface area contributed by atoms with Gasteiger partial charge in [0.25, 0.3) is 0 Å². The van der Waals surface area contributed by atoms with Crippen LogP contribution in [0.5, 0.6) is 0 Å². The van der Waals surface area contributed by atoms with Gasteiger partial charge in [0.2, 0.25) is 0 Å². The molecule has 4 heterocycles. The van der Waals surface area contributed by atoms with Gasteiger partial charge in [-0.15, -0.1) is 0 Å². The first-order chi connectivity index (χ1) is 14.7. The predicted octanol–water partition coefficient (Wildman–Crippen LogP) is 1.96. The molecule has 8 nitrogen and oxygen atoms in total. The van der Waals surface area contributed by atoms with Crippen molar-refractivity contribution < 1.29 is 14.2 Å². The predicted molar refractivity (Wildman–Crippen MR) is 109 cm³/mol. The lowest BCUT2D eigenvalue weighted by atomic mass is 10.1. The first-order valence-electron chi connectivity index (χ1n) is 10.4. The van der Waals surface area contributed by atoms with Crippen LogP contribution in [0.1, 0.15) is 24.6 Å². The number of rotatable bonds is 5. The lowest BCUT2D eigenvalue weighted by Crippen LogP contribution is -2.46. The summed E-state index contributed by atoms with van der Waals surface area (Å²) in [6.45, 7) is 3.76. The van der Waals surface area contributed by atoms with Crippen LogP contribution in [0.3, 0.4) is 0 Å². The number of benzene rings is 1. The molecule has 2 fully saturated rings. The number of hydrogen-bond acceptors (Lipinski definition) is 7. The van der Waals surface area contributed by atoms with E-state index in [4.69, 9.17) is 4.74 Å². The van der Waals surface area contributed by atoms with E-state index in [0.717, 1.165) is 48.5 Å². The standard InChI is InChI=1S/C21H25FN6O2/c22-16-5-3-15(4-6-16)9-26-10-17(12-29)30-18(11-26)28-14-25-19-20(23-13-24-21(19)28)27-7-1-2-8-27/h3-6,13-14,17-18,29H,1-2,7-12H2/t17-,18+/m0/s1. The van der Waals surface area contributed by atoms with Crippen LogP contribution in [0, 0.1) is 5.82 Å². The third-order valence-corrected chi connectivity index (χ3v) is 5.80. The molecule has 30 heavy (non-hydrogen) atoms. The summed E-state index contributed by atoms with van der Waals surface area (Å²) in [5.41, 5.74) is 2.53. The van der Waals surface area contributed by atoms with Gasteiger partial charge >= 0.3 is 0 Å². The van der Waals surface area contributed by atoms with Crippen LogP contribution in [-0.4, -0.2) is 68.4 Å². The van der Waals surface area contributed by atoms with Crippen LogP contribution < -0.4 is 4.90 Å². The van der Waals surface area contributed by atoms with Crippen molar-refractivity contribution >= 4 is 17.0 Å². The number of halogens is 1. The number of aliphatic hydroxyl groups is 1. The second-order valence-electron chi connectivity index (χ2n) is 7.93. The fraction of sp³-hybridized carbons (Fsp3) is 0.476. The quantitative estimate of drug-likeness (QED) is 0.686. The minimum absolute atomic E-state index is 0.0724. The summed E-state index contributed by atoms with van der Waals surface area (Å²) in [5.74, 6) is 0.624. The summed E-state index contributed by atoms with van der Waals surface area (Å²) >= 11 is 0. The third kappa shape index (κ3) is 3.76. The van der Waals surface area contributed by atoms with Crippen molar-refractivity contribution in [3.8, 4) is 0 Å². The van der Waals surface area contributed by atoms with Gasteiger partial charge in [-0.25, -0.2) is 19.3 Å². The summed E-state index contributed by atoms with van der Waals surface area (Å²) < 4.78 is 21.3. The summed E-state index contributed by atoms with van der Waals surface area (Å²) in [5, 5.41) is 9.77. The molecular formula is C21H25FN6O2. The molecule has 1 aromatic carbocycles. The van der Waals surface area contributed by atoms with Gasteiger partial charge in [0.15, 0.2) is 17.0 Å². The zero-order valence-corrected chi connectivity index (χ0v) is 16.7. The van der Waals surface area contributed by atoms with E-state index in [9.17, 15) is 9.50 Å². The Balaban J connectivity index is 1.41. The molecule has 0 amide bonds. The molecule has 3 aromatic rings. The molecule has 0 bridgehead atoms. The van der Waals surface area contributed by atoms with E-state index in [-0.39, 0.29) is 24.8 Å². The van der Waals surface area contributed by atoms with Crippen molar-refractivity contribution in [2.75, 3.05) is 37.7 Å². The topological polar surface area (TPSA) is 79.5 Å². The zero-order valence-electron chi connectivity index (χ0n) is 16.7. The van der Waals surface area contributed by atoms with Crippen molar-refractivity contribution in [2.24, 2.45) is 0 Å². The molecule has 2 saturated heterocycles. The highest BCUT2D eigenvalue weighted by molar-refractivity contribution is 5.83. The fourth-order valence-corrected chi connectivity index (χ4v) is 4.33. The average molecular weight is 412 g/mol. The first-order valence-corrected chi connectivity index (χ1v) is 10.4. The number of aromatic nitrogens is 4. The molecule has 2 aliphatic rings. The number of imidazole rings is 1. The maximum atomic E-state index is 13.2. The second-order valence-corrected chi connectivity index (χ2v) is 7.93. The second kappa shape index (κ2) is 8.25. The van der Waals surface area contributed by atoms with Gasteiger partial charge < -0.3 is 14.7 Å². The van der Waals surface area contributed by atoms with Gasteiger partial charge in [0, 0.05) is 32.7 Å². The molecule has 0 aliphatic carbocycles. The van der Waals surface area contributed by atoms with Crippen molar-refractivity contribution in [1.82, 2.24) is 24.4 Å². The molecule has 2 aliphatic heterocycles. The van der Waals surface area contributed by atoms with Crippen molar-refractivity contribution in [1.29, 1.82) is 0 Å². The van der Waals surface area contributed by atoms with Gasteiger partial charge in [-0.1, -0.05) is 12.1 Å². The molecule has 158 valence electrons. The van der Waals surface area contributed by atoms with Gasteiger partial charge in [-0.05, 0) is 30.5 Å². The summed E-state index contributed by atoms with van der Waals surface area (Å²) in [7, 11) is 0. The lowest BCUT2D eigenvalue weighted by Gasteiger charge is -2.38. The Hall–Kier alpha value is -2.62. The van der Waals surface area contributed by atoms with E-state index in [0.29, 0.717) is 19.6 Å². The molecule has 0 saturated carbocycles. The van der Waals surface area contributed by atoms with Crippen LogP contribution in [0.4, 0.5) is 10.2 Å². The normalized spacial score (nSPS) is 22.8. The number of fused-ring (bicyclic) bond motifs is 1. The molecule has 0 radical (unpaired) electrons. The molecule has 0 unspecified atom stereocenters. The highest BCUT2D eigenvalue weighted by Gasteiger charge is 2.30. The number of anilines is 1. The number of ether oxygens (including phenoxy) is 1. The summed E-state index contributed by atoms with van der Waals surface area (Å²) in [6.07, 6.45) is 5.00. The van der Waals surface area contributed by atoms with Gasteiger partial charge in [-0.2, -0.15) is 0 Å². The number of nitrogens with zero attached hydrogens (tertiary/aromatic N) is 6. The van der Waals surface area contributed by atoms with Crippen LogP contribution >= 0.6 is 0 Å². The smallest absolute Gasteiger partial charge is 0.167 e. The van der Waals surface area contributed by atoms with Crippen LogP contribution in [0.25, 0.3) is 11.2 Å². The Kier molecular flexibility index (Phi) is 5.32. The Morgan fingerprint density at radius 2 is 1.87 bits per heavy atom.